The highest BCUT2D eigenvalue weighted by Crippen LogP contribution is 2.42. The van der Waals surface area contributed by atoms with Gasteiger partial charge in [0, 0.05) is 44.6 Å². The van der Waals surface area contributed by atoms with E-state index >= 15 is 0 Å². The molecular formula is C30H38N6O. The number of nitrogens with zero attached hydrogens (tertiary/aromatic N) is 3. The predicted octanol–water partition coefficient (Wildman–Crippen LogP) is 4.12. The Hall–Kier alpha value is -3.58. The van der Waals surface area contributed by atoms with E-state index in [2.05, 4.69) is 75.8 Å². The van der Waals surface area contributed by atoms with Crippen molar-refractivity contribution in [2.45, 2.75) is 39.7 Å². The van der Waals surface area contributed by atoms with Gasteiger partial charge in [-0.15, -0.1) is 0 Å². The Labute approximate surface area is 220 Å². The van der Waals surface area contributed by atoms with E-state index in [1.165, 1.54) is 16.8 Å². The fraction of sp³-hybridized carbons (Fsp3) is 0.400. The quantitative estimate of drug-likeness (QED) is 0.500. The van der Waals surface area contributed by atoms with Crippen molar-refractivity contribution in [3.63, 3.8) is 0 Å². The molecule has 4 N–H and O–H groups in total. The van der Waals surface area contributed by atoms with Crippen LogP contribution in [-0.2, 0) is 24.2 Å². The van der Waals surface area contributed by atoms with Gasteiger partial charge in [-0.3, -0.25) is 4.79 Å². The van der Waals surface area contributed by atoms with Crippen LogP contribution >= 0.6 is 0 Å². The highest BCUT2D eigenvalue weighted by Gasteiger charge is 2.44. The highest BCUT2D eigenvalue weighted by atomic mass is 16.2. The second-order valence-electron chi connectivity index (χ2n) is 10.6. The molecule has 7 nitrogen and oxygen atoms in total. The van der Waals surface area contributed by atoms with Crippen LogP contribution in [-0.4, -0.2) is 50.2 Å². The molecule has 194 valence electrons. The van der Waals surface area contributed by atoms with Crippen LogP contribution in [0.1, 0.15) is 37.0 Å². The van der Waals surface area contributed by atoms with Crippen LogP contribution in [0, 0.1) is 5.41 Å². The van der Waals surface area contributed by atoms with Crippen molar-refractivity contribution >= 4 is 29.2 Å². The first-order chi connectivity index (χ1) is 17.9. The fourth-order valence-electron chi connectivity index (χ4n) is 5.53. The molecule has 1 fully saturated rings. The van der Waals surface area contributed by atoms with Crippen LogP contribution < -0.4 is 21.3 Å². The van der Waals surface area contributed by atoms with Gasteiger partial charge in [-0.05, 0) is 85.8 Å². The summed E-state index contributed by atoms with van der Waals surface area (Å²) in [6.45, 7) is 9.22. The number of amides is 1. The topological polar surface area (TPSA) is 86.0 Å². The van der Waals surface area contributed by atoms with E-state index in [1.54, 1.807) is 6.21 Å². The van der Waals surface area contributed by atoms with E-state index in [1.807, 2.05) is 19.1 Å². The van der Waals surface area contributed by atoms with Gasteiger partial charge < -0.3 is 26.2 Å². The van der Waals surface area contributed by atoms with E-state index in [0.29, 0.717) is 24.5 Å². The second-order valence-corrected chi connectivity index (χ2v) is 10.6. The Morgan fingerprint density at radius 2 is 1.86 bits per heavy atom. The molecule has 0 aliphatic carbocycles. The molecule has 1 amide bonds. The number of carbonyl (C=O) groups excluding carboxylic acids is 1. The minimum absolute atomic E-state index is 0.00722. The molecule has 5 rings (SSSR count). The third kappa shape index (κ3) is 5.14. The number of nitrogens with one attached hydrogen (secondary N) is 2. The summed E-state index contributed by atoms with van der Waals surface area (Å²) in [5, 5.41) is 6.53. The van der Waals surface area contributed by atoms with Crippen LogP contribution in [0.5, 0.6) is 0 Å². The molecule has 37 heavy (non-hydrogen) atoms. The maximum atomic E-state index is 13.0. The first kappa shape index (κ1) is 25.1. The molecule has 1 atom stereocenters. The van der Waals surface area contributed by atoms with Crippen molar-refractivity contribution in [3.05, 3.63) is 76.6 Å². The smallest absolute Gasteiger partial charge is 0.236 e. The number of nitrogens with two attached hydrogens (primary N) is 1. The van der Waals surface area contributed by atoms with Gasteiger partial charge in [0.1, 0.15) is 5.82 Å². The van der Waals surface area contributed by atoms with Gasteiger partial charge in [0.15, 0.2) is 0 Å². The number of nitrogen functional groups attached to an aromatic ring is 1. The van der Waals surface area contributed by atoms with Gasteiger partial charge in [0.05, 0.1) is 16.8 Å². The number of piperazine rings is 1. The van der Waals surface area contributed by atoms with E-state index in [9.17, 15) is 4.79 Å². The molecule has 2 aromatic rings. The average Bonchev–Trinajstić information content (AvgIpc) is 3.04. The summed E-state index contributed by atoms with van der Waals surface area (Å²) in [5.74, 6) is 0.702. The number of carbonyl (C=O) groups is 1. The molecule has 1 saturated heterocycles. The standard InChI is InChI=1S/C30H38N6O/c1-4-22-18-27(33-20-21-8-10-24(11-9-21)36-15-13-35(3)14-16-36)26(31)17-23(22)19-30(2)25-7-5-6-12-32-28(25)34-29(30)37/h5-6,8-12,17-18,33H,4,7,13-16,19-20,31H2,1-3H3,(H,34,37). The third-order valence-electron chi connectivity index (χ3n) is 8.02. The molecule has 0 saturated carbocycles. The number of rotatable bonds is 7. The van der Waals surface area contributed by atoms with Gasteiger partial charge in [0.2, 0.25) is 5.91 Å². The first-order valence-electron chi connectivity index (χ1n) is 13.3. The zero-order valence-electron chi connectivity index (χ0n) is 22.2. The minimum atomic E-state index is -0.641. The van der Waals surface area contributed by atoms with Crippen molar-refractivity contribution < 1.29 is 4.79 Å². The minimum Gasteiger partial charge on any atom is -0.397 e. The molecule has 2 aromatic carbocycles. The second kappa shape index (κ2) is 10.4. The molecule has 3 aliphatic heterocycles. The first-order valence-corrected chi connectivity index (χ1v) is 13.3. The number of anilines is 3. The lowest BCUT2D eigenvalue weighted by Crippen LogP contribution is -2.44. The summed E-state index contributed by atoms with van der Waals surface area (Å²) in [7, 11) is 2.18. The molecule has 3 aliphatic rings. The summed E-state index contributed by atoms with van der Waals surface area (Å²) in [5.41, 5.74) is 13.4. The van der Waals surface area contributed by atoms with Gasteiger partial charge in [-0.1, -0.05) is 25.1 Å². The number of likely N-dealkylation sites (N-methyl/N-ethyl adjacent to an activating group) is 1. The van der Waals surface area contributed by atoms with E-state index in [-0.39, 0.29) is 5.91 Å². The van der Waals surface area contributed by atoms with Crippen LogP contribution in [0.4, 0.5) is 17.1 Å². The third-order valence-corrected chi connectivity index (χ3v) is 8.02. The number of benzene rings is 2. The van der Waals surface area contributed by atoms with E-state index < -0.39 is 5.41 Å². The molecular weight excluding hydrogens is 460 g/mol. The number of aryl methyl sites for hydroxylation is 1. The Bertz CT molecular complexity index is 1250. The van der Waals surface area contributed by atoms with Crippen molar-refractivity contribution in [3.8, 4) is 0 Å². The van der Waals surface area contributed by atoms with Gasteiger partial charge >= 0.3 is 0 Å². The molecule has 0 spiro atoms. The molecule has 0 radical (unpaired) electrons. The lowest BCUT2D eigenvalue weighted by molar-refractivity contribution is -0.126. The number of hydrogen-bond acceptors (Lipinski definition) is 6. The van der Waals surface area contributed by atoms with Crippen molar-refractivity contribution in [2.24, 2.45) is 10.4 Å². The van der Waals surface area contributed by atoms with E-state index in [4.69, 9.17) is 5.73 Å². The molecule has 1 unspecified atom stereocenters. The van der Waals surface area contributed by atoms with Gasteiger partial charge in [0.25, 0.3) is 0 Å². The Balaban J connectivity index is 1.29. The Morgan fingerprint density at radius 1 is 1.11 bits per heavy atom. The number of aliphatic imine (C=N–C) groups is 1. The molecule has 3 heterocycles. The monoisotopic (exact) mass is 498 g/mol. The predicted molar refractivity (Wildman–Crippen MR) is 153 cm³/mol. The maximum Gasteiger partial charge on any atom is 0.236 e. The average molecular weight is 499 g/mol. The van der Waals surface area contributed by atoms with Crippen LogP contribution in [0.25, 0.3) is 0 Å². The van der Waals surface area contributed by atoms with Gasteiger partial charge in [-0.25, -0.2) is 4.99 Å². The number of hydrogen-bond donors (Lipinski definition) is 3. The van der Waals surface area contributed by atoms with Crippen LogP contribution in [0.2, 0.25) is 0 Å². The summed E-state index contributed by atoms with van der Waals surface area (Å²) >= 11 is 0. The van der Waals surface area contributed by atoms with Crippen LogP contribution in [0.3, 0.4) is 0 Å². The Kier molecular flexibility index (Phi) is 7.07. The summed E-state index contributed by atoms with van der Waals surface area (Å²) in [6, 6.07) is 13.0. The largest absolute Gasteiger partial charge is 0.397 e. The SMILES string of the molecule is CCc1cc(NCc2ccc(N3CCN(C)CC3)cc2)c(N)cc1CC1(C)C(=O)NC2=C1CC=CC=N2. The van der Waals surface area contributed by atoms with E-state index in [0.717, 1.165) is 55.8 Å². The van der Waals surface area contributed by atoms with Gasteiger partial charge in [-0.2, -0.15) is 0 Å². The summed E-state index contributed by atoms with van der Waals surface area (Å²) in [4.78, 5) is 22.3. The zero-order valence-corrected chi connectivity index (χ0v) is 22.2. The fourth-order valence-corrected chi connectivity index (χ4v) is 5.53. The summed E-state index contributed by atoms with van der Waals surface area (Å²) in [6.07, 6.45) is 7.91. The lowest BCUT2D eigenvalue weighted by atomic mass is 9.75. The van der Waals surface area contributed by atoms with Crippen molar-refractivity contribution in [2.75, 3.05) is 49.2 Å². The van der Waals surface area contributed by atoms with Crippen LogP contribution in [0.15, 0.2) is 64.9 Å². The normalized spacial score (nSPS) is 21.7. The Morgan fingerprint density at radius 3 is 2.59 bits per heavy atom. The lowest BCUT2D eigenvalue weighted by Gasteiger charge is -2.34. The van der Waals surface area contributed by atoms with Crippen molar-refractivity contribution in [1.82, 2.24) is 10.2 Å². The summed E-state index contributed by atoms with van der Waals surface area (Å²) < 4.78 is 0. The maximum absolute atomic E-state index is 13.0. The highest BCUT2D eigenvalue weighted by molar-refractivity contribution is 5.92. The molecule has 0 aromatic heterocycles. The molecule has 7 heteroatoms. The molecule has 0 bridgehead atoms. The zero-order chi connectivity index (χ0) is 26.0. The van der Waals surface area contributed by atoms with Crippen molar-refractivity contribution in [1.29, 1.82) is 0 Å². The number of allylic oxidation sites excluding steroid dienone is 2.